The first kappa shape index (κ1) is 18.4. The van der Waals surface area contributed by atoms with Gasteiger partial charge >= 0.3 is 12.7 Å². The number of hydrogen-bond donors (Lipinski definition) is 6. The van der Waals surface area contributed by atoms with E-state index in [-0.39, 0.29) is 17.4 Å². The number of aliphatic hydroxyl groups excluding tert-OH is 2. The number of nitrogens with two attached hydrogens (primary N) is 1. The average Bonchev–Trinajstić information content (AvgIpc) is 2.65. The topological polar surface area (TPSA) is 169 Å². The Morgan fingerprint density at radius 2 is 2.22 bits per heavy atom. The van der Waals surface area contributed by atoms with Gasteiger partial charge < -0.3 is 35.6 Å². The van der Waals surface area contributed by atoms with Crippen molar-refractivity contribution in [2.75, 3.05) is 13.2 Å². The number of carbonyl (C=O) groups is 1. The number of hydroxylamine groups is 2. The Kier molecular flexibility index (Phi) is 4.97. The summed E-state index contributed by atoms with van der Waals surface area (Å²) in [5.74, 6) is -3.73. The number of alkyl halides is 1. The standard InChI is InChI=1S/C9H15FN3O8PS/c10-9(17)6(15)4(3-14)20-7(9)12-2-1-5(11)13(8(12)16)21-22(18,19)23/h1,4,6-7,14-15,17H,2-3,11H2,(H2,18,19,23)/t4-,6-,7-,9-/m1/s1. The first-order valence-corrected chi connectivity index (χ1v) is 8.79. The third-order valence-corrected chi connectivity index (χ3v) is 3.80. The highest BCUT2D eigenvalue weighted by atomic mass is 32.5. The predicted octanol–water partition coefficient (Wildman–Crippen LogP) is -2.60. The maximum absolute atomic E-state index is 14.3. The van der Waals surface area contributed by atoms with E-state index in [0.29, 0.717) is 4.90 Å². The molecular formula is C9H15FN3O8PS. The number of aliphatic hydroxyl groups is 3. The molecule has 0 spiro atoms. The minimum atomic E-state index is -4.32. The molecule has 2 aliphatic heterocycles. The van der Waals surface area contributed by atoms with E-state index in [1.807, 2.05) is 0 Å². The highest BCUT2D eigenvalue weighted by Gasteiger charge is 2.60. The molecule has 0 aromatic carbocycles. The van der Waals surface area contributed by atoms with Gasteiger partial charge in [0.25, 0.3) is 5.85 Å². The summed E-state index contributed by atoms with van der Waals surface area (Å²) in [5, 5.41) is 28.5. The molecule has 11 nitrogen and oxygen atoms in total. The van der Waals surface area contributed by atoms with Gasteiger partial charge in [-0.25, -0.2) is 9.18 Å². The van der Waals surface area contributed by atoms with Crippen LogP contribution >= 0.6 is 6.72 Å². The van der Waals surface area contributed by atoms with Gasteiger partial charge in [0.05, 0.1) is 6.61 Å². The number of halogens is 1. The van der Waals surface area contributed by atoms with Crippen molar-refractivity contribution in [3.8, 4) is 0 Å². The van der Waals surface area contributed by atoms with E-state index in [0.717, 1.165) is 6.08 Å². The molecule has 0 bridgehead atoms. The van der Waals surface area contributed by atoms with Crippen LogP contribution in [0.4, 0.5) is 9.18 Å². The van der Waals surface area contributed by atoms with Gasteiger partial charge in [0.15, 0.2) is 6.23 Å². The molecule has 23 heavy (non-hydrogen) atoms. The average molecular weight is 375 g/mol. The Morgan fingerprint density at radius 3 is 2.70 bits per heavy atom. The fourth-order valence-corrected chi connectivity index (χ4v) is 2.72. The fourth-order valence-electron chi connectivity index (χ4n) is 2.14. The first-order chi connectivity index (χ1) is 10.5. The van der Waals surface area contributed by atoms with E-state index in [2.05, 4.69) is 16.4 Å². The Balaban J connectivity index is 2.27. The van der Waals surface area contributed by atoms with Crippen LogP contribution in [0.2, 0.25) is 0 Å². The van der Waals surface area contributed by atoms with Crippen LogP contribution in [0, 0.1) is 0 Å². The van der Waals surface area contributed by atoms with Crippen LogP contribution in [-0.2, 0) is 21.2 Å². The van der Waals surface area contributed by atoms with Crippen LogP contribution in [0.25, 0.3) is 0 Å². The Hall–Kier alpha value is -0.890. The molecule has 0 aliphatic carbocycles. The van der Waals surface area contributed by atoms with E-state index in [4.69, 9.17) is 25.4 Å². The molecule has 2 heterocycles. The van der Waals surface area contributed by atoms with Crippen LogP contribution in [0.3, 0.4) is 0 Å². The molecule has 0 radical (unpaired) electrons. The summed E-state index contributed by atoms with van der Waals surface area (Å²) in [7, 11) is 0. The second kappa shape index (κ2) is 6.20. The maximum Gasteiger partial charge on any atom is 0.353 e. The second-order valence-corrected chi connectivity index (χ2v) is 7.38. The van der Waals surface area contributed by atoms with Crippen molar-refractivity contribution in [1.82, 2.24) is 9.96 Å². The summed E-state index contributed by atoms with van der Waals surface area (Å²) in [6, 6.07) is -1.21. The van der Waals surface area contributed by atoms with E-state index in [1.165, 1.54) is 0 Å². The summed E-state index contributed by atoms with van der Waals surface area (Å²) in [5.41, 5.74) is 5.46. The lowest BCUT2D eigenvalue weighted by atomic mass is 10.1. The Bertz CT molecular complexity index is 571. The van der Waals surface area contributed by atoms with E-state index < -0.39 is 43.6 Å². The summed E-state index contributed by atoms with van der Waals surface area (Å²) in [6.45, 7) is -5.47. The molecule has 0 saturated carbocycles. The van der Waals surface area contributed by atoms with Crippen molar-refractivity contribution >= 4 is 24.6 Å². The van der Waals surface area contributed by atoms with Gasteiger partial charge in [-0.15, -0.1) is 5.06 Å². The van der Waals surface area contributed by atoms with Gasteiger partial charge in [-0.2, -0.15) is 4.62 Å². The minimum Gasteiger partial charge on any atom is -0.394 e. The zero-order chi connectivity index (χ0) is 17.6. The lowest BCUT2D eigenvalue weighted by Crippen LogP contribution is -2.58. The highest BCUT2D eigenvalue weighted by Crippen LogP contribution is 2.41. The molecule has 0 aromatic heterocycles. The summed E-state index contributed by atoms with van der Waals surface area (Å²) >= 11 is 4.22. The number of carbonyl (C=O) groups excluding carboxylic acids is 1. The predicted molar refractivity (Wildman–Crippen MR) is 73.8 cm³/mol. The third-order valence-electron chi connectivity index (χ3n) is 3.22. The van der Waals surface area contributed by atoms with E-state index in [9.17, 15) is 19.4 Å². The summed E-state index contributed by atoms with van der Waals surface area (Å²) < 4.78 is 23.7. The van der Waals surface area contributed by atoms with Crippen LogP contribution in [0.5, 0.6) is 0 Å². The number of hydrogen-bond acceptors (Lipinski definition) is 8. The van der Waals surface area contributed by atoms with Crippen molar-refractivity contribution in [3.63, 3.8) is 0 Å². The molecule has 4 atom stereocenters. The number of rotatable bonds is 4. The van der Waals surface area contributed by atoms with Crippen molar-refractivity contribution in [2.45, 2.75) is 24.3 Å². The molecule has 2 amide bonds. The van der Waals surface area contributed by atoms with Crippen LogP contribution in [-0.4, -0.2) is 78.5 Å². The molecule has 7 N–H and O–H groups in total. The fraction of sp³-hybridized carbons (Fsp3) is 0.667. The molecule has 2 aliphatic rings. The van der Waals surface area contributed by atoms with Gasteiger partial charge in [0, 0.05) is 6.54 Å². The zero-order valence-electron chi connectivity index (χ0n) is 11.4. The van der Waals surface area contributed by atoms with Crippen molar-refractivity contribution in [2.24, 2.45) is 5.73 Å². The number of urea groups is 1. The van der Waals surface area contributed by atoms with Crippen LogP contribution < -0.4 is 5.73 Å². The number of amides is 2. The molecule has 14 heteroatoms. The molecular weight excluding hydrogens is 360 g/mol. The normalized spacial score (nSPS) is 35.7. The van der Waals surface area contributed by atoms with Crippen molar-refractivity contribution in [3.05, 3.63) is 11.9 Å². The largest absolute Gasteiger partial charge is 0.394 e. The minimum absolute atomic E-state index is 0.211. The van der Waals surface area contributed by atoms with Crippen LogP contribution in [0.15, 0.2) is 11.9 Å². The SMILES string of the molecule is NC1=CCN([C@@H]2O[C@H](CO)[C@@H](O)[C@]2(O)F)C(=O)N1OP(O)(O)=S. The van der Waals surface area contributed by atoms with Gasteiger partial charge in [0.1, 0.15) is 18.0 Å². The molecule has 132 valence electrons. The van der Waals surface area contributed by atoms with Crippen LogP contribution in [0.1, 0.15) is 0 Å². The molecule has 0 unspecified atom stereocenters. The molecule has 0 aromatic rings. The van der Waals surface area contributed by atoms with Crippen molar-refractivity contribution < 1.29 is 43.7 Å². The van der Waals surface area contributed by atoms with Gasteiger partial charge in [0.2, 0.25) is 0 Å². The lowest BCUT2D eigenvalue weighted by Gasteiger charge is -2.38. The van der Waals surface area contributed by atoms with Gasteiger partial charge in [-0.3, -0.25) is 4.90 Å². The van der Waals surface area contributed by atoms with E-state index in [1.54, 1.807) is 0 Å². The quantitative estimate of drug-likeness (QED) is 0.287. The zero-order valence-corrected chi connectivity index (χ0v) is 13.1. The van der Waals surface area contributed by atoms with E-state index >= 15 is 0 Å². The number of nitrogens with zero attached hydrogens (tertiary/aromatic N) is 2. The molecule has 2 rings (SSSR count). The molecule has 1 fully saturated rings. The lowest BCUT2D eigenvalue weighted by molar-refractivity contribution is -0.208. The van der Waals surface area contributed by atoms with Gasteiger partial charge in [-0.05, 0) is 17.9 Å². The van der Waals surface area contributed by atoms with Gasteiger partial charge in [-0.1, -0.05) is 0 Å². The highest BCUT2D eigenvalue weighted by molar-refractivity contribution is 8.06. The second-order valence-electron chi connectivity index (χ2n) is 4.81. The Morgan fingerprint density at radius 1 is 1.61 bits per heavy atom. The smallest absolute Gasteiger partial charge is 0.353 e. The molecule has 1 saturated heterocycles. The summed E-state index contributed by atoms with van der Waals surface area (Å²) in [6.07, 6.45) is -4.44. The number of ether oxygens (including phenoxy) is 1. The summed E-state index contributed by atoms with van der Waals surface area (Å²) in [4.78, 5) is 31.0. The first-order valence-electron chi connectivity index (χ1n) is 6.16. The Labute approximate surface area is 134 Å². The third kappa shape index (κ3) is 3.47. The maximum atomic E-state index is 14.3. The van der Waals surface area contributed by atoms with Crippen molar-refractivity contribution in [1.29, 1.82) is 0 Å². The monoisotopic (exact) mass is 375 g/mol.